The molecule has 0 amide bonds. The Labute approximate surface area is 90.5 Å². The Morgan fingerprint density at radius 2 is 2.29 bits per heavy atom. The van der Waals surface area contributed by atoms with Gasteiger partial charge in [-0.3, -0.25) is 0 Å². The molecule has 0 fully saturated rings. The molecule has 0 atom stereocenters. The number of nitrogens with zero attached hydrogens (tertiary/aromatic N) is 1. The van der Waals surface area contributed by atoms with Crippen molar-refractivity contribution in [1.29, 1.82) is 5.26 Å². The molecule has 0 bridgehead atoms. The van der Waals surface area contributed by atoms with Gasteiger partial charge in [-0.15, -0.1) is 0 Å². The maximum Gasteiger partial charge on any atom is 0.0994 e. The van der Waals surface area contributed by atoms with Crippen LogP contribution in [0.25, 0.3) is 6.08 Å². The number of hydrogen-bond acceptors (Lipinski definition) is 2. The van der Waals surface area contributed by atoms with E-state index in [0.717, 1.165) is 28.9 Å². The van der Waals surface area contributed by atoms with Crippen LogP contribution in [0.2, 0.25) is 0 Å². The van der Waals surface area contributed by atoms with E-state index in [0.29, 0.717) is 0 Å². The summed E-state index contributed by atoms with van der Waals surface area (Å²) in [5, 5.41) is 8.75. The SMILES string of the molecule is Cc1cc(C=CCCS)ccc1C#N. The van der Waals surface area contributed by atoms with Gasteiger partial charge in [0.25, 0.3) is 0 Å². The van der Waals surface area contributed by atoms with Crippen molar-refractivity contribution < 1.29 is 0 Å². The predicted octanol–water partition coefficient (Wildman–Crippen LogP) is 3.20. The van der Waals surface area contributed by atoms with Crippen molar-refractivity contribution in [3.8, 4) is 6.07 Å². The van der Waals surface area contributed by atoms with Crippen LogP contribution in [0.3, 0.4) is 0 Å². The number of benzene rings is 1. The first-order valence-electron chi connectivity index (χ1n) is 4.56. The zero-order chi connectivity index (χ0) is 10.4. The van der Waals surface area contributed by atoms with E-state index in [-0.39, 0.29) is 0 Å². The van der Waals surface area contributed by atoms with Crippen LogP contribution in [0.15, 0.2) is 24.3 Å². The molecule has 1 rings (SSSR count). The lowest BCUT2D eigenvalue weighted by Crippen LogP contribution is -1.82. The number of rotatable bonds is 3. The molecular formula is C12H13NS. The first-order chi connectivity index (χ1) is 6.77. The molecule has 0 aliphatic carbocycles. The van der Waals surface area contributed by atoms with E-state index >= 15 is 0 Å². The maximum atomic E-state index is 8.75. The van der Waals surface area contributed by atoms with Crippen molar-refractivity contribution in [3.63, 3.8) is 0 Å². The fourth-order valence-electron chi connectivity index (χ4n) is 1.21. The van der Waals surface area contributed by atoms with Crippen LogP contribution in [0.4, 0.5) is 0 Å². The molecule has 0 unspecified atom stereocenters. The van der Waals surface area contributed by atoms with Gasteiger partial charge < -0.3 is 0 Å². The van der Waals surface area contributed by atoms with Gasteiger partial charge in [-0.2, -0.15) is 17.9 Å². The topological polar surface area (TPSA) is 23.8 Å². The lowest BCUT2D eigenvalue weighted by molar-refractivity contribution is 1.26. The summed E-state index contributed by atoms with van der Waals surface area (Å²) in [5.41, 5.74) is 2.92. The summed E-state index contributed by atoms with van der Waals surface area (Å²) >= 11 is 4.12. The first kappa shape index (κ1) is 10.9. The lowest BCUT2D eigenvalue weighted by atomic mass is 10.1. The van der Waals surface area contributed by atoms with E-state index < -0.39 is 0 Å². The number of hydrogen-bond donors (Lipinski definition) is 1. The number of aryl methyl sites for hydroxylation is 1. The Balaban J connectivity index is 2.82. The number of thiol groups is 1. The van der Waals surface area contributed by atoms with Gasteiger partial charge in [0.05, 0.1) is 11.6 Å². The highest BCUT2D eigenvalue weighted by Gasteiger charge is 1.95. The quantitative estimate of drug-likeness (QED) is 0.749. The predicted molar refractivity (Wildman–Crippen MR) is 63.4 cm³/mol. The van der Waals surface area contributed by atoms with Gasteiger partial charge in [0, 0.05) is 0 Å². The van der Waals surface area contributed by atoms with Crippen LogP contribution in [-0.2, 0) is 0 Å². The van der Waals surface area contributed by atoms with Crippen molar-refractivity contribution >= 4 is 18.7 Å². The molecule has 0 saturated carbocycles. The maximum absolute atomic E-state index is 8.75. The van der Waals surface area contributed by atoms with Crippen LogP contribution in [0.1, 0.15) is 23.1 Å². The third-order valence-corrected chi connectivity index (χ3v) is 2.24. The molecule has 0 N–H and O–H groups in total. The Kier molecular flexibility index (Phi) is 4.28. The zero-order valence-corrected chi connectivity index (χ0v) is 9.09. The van der Waals surface area contributed by atoms with Gasteiger partial charge >= 0.3 is 0 Å². The molecule has 0 aliphatic heterocycles. The number of nitriles is 1. The van der Waals surface area contributed by atoms with Gasteiger partial charge in [-0.1, -0.05) is 24.3 Å². The van der Waals surface area contributed by atoms with Gasteiger partial charge in [-0.25, -0.2) is 0 Å². The highest BCUT2D eigenvalue weighted by atomic mass is 32.1. The summed E-state index contributed by atoms with van der Waals surface area (Å²) in [7, 11) is 0. The Morgan fingerprint density at radius 3 is 2.86 bits per heavy atom. The smallest absolute Gasteiger partial charge is 0.0994 e. The Morgan fingerprint density at radius 1 is 1.50 bits per heavy atom. The van der Waals surface area contributed by atoms with Crippen molar-refractivity contribution in [3.05, 3.63) is 41.0 Å². The fourth-order valence-corrected chi connectivity index (χ4v) is 1.36. The van der Waals surface area contributed by atoms with Crippen LogP contribution >= 0.6 is 12.6 Å². The summed E-state index contributed by atoms with van der Waals surface area (Å²) < 4.78 is 0. The van der Waals surface area contributed by atoms with Crippen molar-refractivity contribution in [2.45, 2.75) is 13.3 Å². The van der Waals surface area contributed by atoms with Crippen molar-refractivity contribution in [2.75, 3.05) is 5.75 Å². The normalized spacial score (nSPS) is 10.4. The third-order valence-electron chi connectivity index (χ3n) is 1.98. The van der Waals surface area contributed by atoms with E-state index in [1.54, 1.807) is 0 Å². The lowest BCUT2D eigenvalue weighted by Gasteiger charge is -1.98. The Hall–Kier alpha value is -1.20. The minimum absolute atomic E-state index is 0.747. The minimum Gasteiger partial charge on any atom is -0.192 e. The van der Waals surface area contributed by atoms with Gasteiger partial charge in [-0.05, 0) is 36.3 Å². The molecular weight excluding hydrogens is 190 g/mol. The van der Waals surface area contributed by atoms with Crippen molar-refractivity contribution in [1.82, 2.24) is 0 Å². The molecule has 0 aromatic heterocycles. The zero-order valence-electron chi connectivity index (χ0n) is 8.20. The Bertz CT molecular complexity index is 374. The molecule has 0 aliphatic rings. The molecule has 2 heteroatoms. The second kappa shape index (κ2) is 5.51. The summed E-state index contributed by atoms with van der Waals surface area (Å²) in [6, 6.07) is 7.99. The second-order valence-electron chi connectivity index (χ2n) is 3.10. The molecule has 72 valence electrons. The van der Waals surface area contributed by atoms with E-state index in [9.17, 15) is 0 Å². The standard InChI is InChI=1S/C12H13NS/c1-10-8-11(4-2-3-7-14)5-6-12(10)9-13/h2,4-6,8,14H,3,7H2,1H3. The summed E-state index contributed by atoms with van der Waals surface area (Å²) in [6.07, 6.45) is 5.13. The minimum atomic E-state index is 0.747. The first-order valence-corrected chi connectivity index (χ1v) is 5.19. The van der Waals surface area contributed by atoms with E-state index in [1.165, 1.54) is 0 Å². The van der Waals surface area contributed by atoms with Crippen LogP contribution in [0.5, 0.6) is 0 Å². The van der Waals surface area contributed by atoms with Gasteiger partial charge in [0.1, 0.15) is 0 Å². The van der Waals surface area contributed by atoms with E-state index in [2.05, 4.69) is 30.9 Å². The summed E-state index contributed by atoms with van der Waals surface area (Å²) in [6.45, 7) is 1.95. The highest BCUT2D eigenvalue weighted by Crippen LogP contribution is 2.11. The molecule has 0 heterocycles. The molecule has 0 spiro atoms. The van der Waals surface area contributed by atoms with Gasteiger partial charge in [0.2, 0.25) is 0 Å². The molecule has 0 saturated heterocycles. The second-order valence-corrected chi connectivity index (χ2v) is 3.55. The number of allylic oxidation sites excluding steroid dienone is 1. The molecule has 1 aromatic carbocycles. The van der Waals surface area contributed by atoms with Crippen LogP contribution in [0, 0.1) is 18.3 Å². The van der Waals surface area contributed by atoms with E-state index in [1.807, 2.05) is 25.1 Å². The van der Waals surface area contributed by atoms with Gasteiger partial charge in [0.15, 0.2) is 0 Å². The third kappa shape index (κ3) is 2.93. The summed E-state index contributed by atoms with van der Waals surface area (Å²) in [4.78, 5) is 0. The van der Waals surface area contributed by atoms with Crippen LogP contribution < -0.4 is 0 Å². The monoisotopic (exact) mass is 203 g/mol. The fraction of sp³-hybridized carbons (Fsp3) is 0.250. The van der Waals surface area contributed by atoms with Crippen LogP contribution in [-0.4, -0.2) is 5.75 Å². The highest BCUT2D eigenvalue weighted by molar-refractivity contribution is 7.80. The molecule has 1 aromatic rings. The largest absolute Gasteiger partial charge is 0.192 e. The van der Waals surface area contributed by atoms with E-state index in [4.69, 9.17) is 5.26 Å². The molecule has 0 radical (unpaired) electrons. The molecule has 14 heavy (non-hydrogen) atoms. The van der Waals surface area contributed by atoms with Crippen molar-refractivity contribution in [2.24, 2.45) is 0 Å². The summed E-state index contributed by atoms with van der Waals surface area (Å²) in [5.74, 6) is 0.867. The average Bonchev–Trinajstić information content (AvgIpc) is 2.18. The average molecular weight is 203 g/mol. The molecule has 1 nitrogen and oxygen atoms in total.